The van der Waals surface area contributed by atoms with Crippen LogP contribution in [0.3, 0.4) is 0 Å². The molecule has 0 spiro atoms. The normalized spacial score (nSPS) is 17.2. The van der Waals surface area contributed by atoms with Crippen molar-refractivity contribution in [2.75, 3.05) is 0 Å². The fraction of sp³-hybridized carbons (Fsp3) is 0.600. The van der Waals surface area contributed by atoms with Crippen molar-refractivity contribution < 1.29 is 25.8 Å². The van der Waals surface area contributed by atoms with Crippen LogP contribution in [-0.2, 0) is 25.8 Å². The second-order valence-corrected chi connectivity index (χ2v) is 5.74. The molecule has 0 saturated carbocycles. The summed E-state index contributed by atoms with van der Waals surface area (Å²) in [5, 5.41) is 0. The van der Waals surface area contributed by atoms with Gasteiger partial charge < -0.3 is 0 Å². The molecule has 0 radical (unpaired) electrons. The molecule has 0 aromatic heterocycles. The van der Waals surface area contributed by atoms with Crippen molar-refractivity contribution in [3.63, 3.8) is 0 Å². The Kier molecular flexibility index (Phi) is 10.5. The molecule has 0 heterocycles. The Morgan fingerprint density at radius 3 is 1.14 bits per heavy atom. The van der Waals surface area contributed by atoms with E-state index >= 15 is 0 Å². The molecule has 0 amide bonds. The van der Waals surface area contributed by atoms with Crippen LogP contribution in [0.2, 0.25) is 0 Å². The molecule has 0 nitrogen and oxygen atoms in total. The minimum atomic E-state index is 0. The van der Waals surface area contributed by atoms with Crippen LogP contribution in [0.5, 0.6) is 0 Å². The van der Waals surface area contributed by atoms with Crippen molar-refractivity contribution in [1.82, 2.24) is 0 Å². The molecule has 0 bridgehead atoms. The van der Waals surface area contributed by atoms with Crippen molar-refractivity contribution in [2.24, 2.45) is 0 Å². The summed E-state index contributed by atoms with van der Waals surface area (Å²) < 4.78 is 0. The van der Waals surface area contributed by atoms with Crippen molar-refractivity contribution in [1.29, 1.82) is 0 Å². The summed E-state index contributed by atoms with van der Waals surface area (Å²) in [5.74, 6) is 0. The van der Waals surface area contributed by atoms with Crippen molar-refractivity contribution in [2.45, 2.75) is 80.1 Å². The molecular weight excluding hydrogens is 419 g/mol. The van der Waals surface area contributed by atoms with Crippen molar-refractivity contribution >= 4 is 0 Å². The number of hydrogen-bond donors (Lipinski definition) is 0. The van der Waals surface area contributed by atoms with Gasteiger partial charge in [0.05, 0.1) is 0 Å². The zero-order chi connectivity index (χ0) is 15.1. The third kappa shape index (κ3) is 6.22. The summed E-state index contributed by atoms with van der Waals surface area (Å²) >= 11 is 0. The van der Waals surface area contributed by atoms with E-state index in [2.05, 4.69) is 53.7 Å². The topological polar surface area (TPSA) is 0 Å². The van der Waals surface area contributed by atoms with Gasteiger partial charge in [0.2, 0.25) is 0 Å². The minimum absolute atomic E-state index is 0. The summed E-state index contributed by atoms with van der Waals surface area (Å²) in [4.78, 5) is 0. The Hall–Kier alpha value is -0.170. The summed E-state index contributed by atoms with van der Waals surface area (Å²) in [6.07, 6.45) is 13.9. The van der Waals surface area contributed by atoms with Gasteiger partial charge in [-0.15, -0.1) is 13.8 Å². The van der Waals surface area contributed by atoms with E-state index in [1.54, 1.807) is 0 Å². The van der Waals surface area contributed by atoms with E-state index in [4.69, 9.17) is 0 Å². The van der Waals surface area contributed by atoms with Crippen LogP contribution in [0, 0.1) is 12.2 Å². The van der Waals surface area contributed by atoms with Gasteiger partial charge in [0, 0.05) is 25.8 Å². The van der Waals surface area contributed by atoms with Crippen LogP contribution in [0.4, 0.5) is 0 Å². The maximum absolute atomic E-state index is 3.44. The Morgan fingerprint density at radius 1 is 0.667 bits per heavy atom. The predicted molar refractivity (Wildman–Crippen MR) is 89.3 cm³/mol. The Bertz CT molecular complexity index is 414. The van der Waals surface area contributed by atoms with Gasteiger partial charge in [0.25, 0.3) is 0 Å². The molecule has 2 aliphatic rings. The number of allylic oxidation sites excluding steroid dienone is 8. The molecule has 1 heteroatoms. The average Bonchev–Trinajstić information content (AvgIpc) is 3.01. The molecule has 0 fully saturated rings. The fourth-order valence-electron chi connectivity index (χ4n) is 2.79. The molecule has 0 saturated heterocycles. The first-order valence-electron chi connectivity index (χ1n) is 8.16. The quantitative estimate of drug-likeness (QED) is 0.339. The molecule has 2 aliphatic carbocycles. The first-order valence-corrected chi connectivity index (χ1v) is 8.16. The second kappa shape index (κ2) is 10.5. The van der Waals surface area contributed by atoms with Crippen molar-refractivity contribution in [3.05, 3.63) is 45.6 Å². The Morgan fingerprint density at radius 2 is 1.00 bits per heavy atom. The van der Waals surface area contributed by atoms with Crippen LogP contribution < -0.4 is 0 Å². The third-order valence-electron chi connectivity index (χ3n) is 4.20. The van der Waals surface area contributed by atoms with Gasteiger partial charge in [-0.2, -0.15) is 11.1 Å². The molecule has 0 aromatic rings. The standard InChI is InChI=1S/2C10H15.Hf/c2*1-4-9-6-8(3)10(5-2)7-9;/h2*4-6H2,1-3H3;/q2*-1;. The molecule has 0 atom stereocenters. The third-order valence-corrected chi connectivity index (χ3v) is 4.20. The zero-order valence-electron chi connectivity index (χ0n) is 14.7. The van der Waals surface area contributed by atoms with Crippen LogP contribution in [-0.4, -0.2) is 0 Å². The molecule has 0 unspecified atom stereocenters. The molecule has 0 aliphatic heterocycles. The van der Waals surface area contributed by atoms with Gasteiger partial charge in [0.1, 0.15) is 0 Å². The van der Waals surface area contributed by atoms with Gasteiger partial charge in [-0.1, -0.05) is 66.2 Å². The molecular formula is C20H30Hf-2. The molecule has 21 heavy (non-hydrogen) atoms. The van der Waals surface area contributed by atoms with Gasteiger partial charge in [-0.25, -0.2) is 34.4 Å². The molecule has 0 N–H and O–H groups in total. The first-order chi connectivity index (χ1) is 9.55. The molecule has 2 rings (SSSR count). The van der Waals surface area contributed by atoms with E-state index in [1.807, 2.05) is 0 Å². The second-order valence-electron chi connectivity index (χ2n) is 5.74. The first kappa shape index (κ1) is 20.8. The summed E-state index contributed by atoms with van der Waals surface area (Å²) in [5.41, 5.74) is 8.90. The van der Waals surface area contributed by atoms with Crippen molar-refractivity contribution in [3.8, 4) is 0 Å². The maximum atomic E-state index is 3.44. The van der Waals surface area contributed by atoms with Gasteiger partial charge in [-0.05, 0) is 0 Å². The Balaban J connectivity index is 0.000000364. The van der Waals surface area contributed by atoms with Gasteiger partial charge in [-0.3, -0.25) is 0 Å². The van der Waals surface area contributed by atoms with Crippen LogP contribution in [0.25, 0.3) is 0 Å². The minimum Gasteiger partial charge on any atom is -0.249 e. The van der Waals surface area contributed by atoms with E-state index < -0.39 is 0 Å². The van der Waals surface area contributed by atoms with E-state index in [0.29, 0.717) is 0 Å². The van der Waals surface area contributed by atoms with E-state index in [1.165, 1.54) is 59.1 Å². The van der Waals surface area contributed by atoms with Gasteiger partial charge in [0.15, 0.2) is 0 Å². The molecule has 0 aromatic carbocycles. The summed E-state index contributed by atoms with van der Waals surface area (Å²) in [7, 11) is 0. The average molecular weight is 449 g/mol. The summed E-state index contributed by atoms with van der Waals surface area (Å²) in [6.45, 7) is 13.2. The van der Waals surface area contributed by atoms with E-state index in [9.17, 15) is 0 Å². The maximum Gasteiger partial charge on any atom is 0 e. The SMILES string of the molecule is CCC1=[C-]C(CC)=C(C)C1.CCC1=[C-]C(CC)=C(C)C1.[Hf]. The van der Waals surface area contributed by atoms with Gasteiger partial charge >= 0.3 is 0 Å². The monoisotopic (exact) mass is 450 g/mol. The smallest absolute Gasteiger partial charge is 0 e. The van der Waals surface area contributed by atoms with E-state index in [0.717, 1.165) is 12.8 Å². The number of rotatable bonds is 4. The number of hydrogen-bond acceptors (Lipinski definition) is 0. The molecule has 116 valence electrons. The largest absolute Gasteiger partial charge is 0.249 e. The summed E-state index contributed by atoms with van der Waals surface area (Å²) in [6, 6.07) is 0. The van der Waals surface area contributed by atoms with Crippen LogP contribution >= 0.6 is 0 Å². The predicted octanol–water partition coefficient (Wildman–Crippen LogP) is 6.51. The van der Waals surface area contributed by atoms with Crippen LogP contribution in [0.1, 0.15) is 80.1 Å². The fourth-order valence-corrected chi connectivity index (χ4v) is 2.79. The van der Waals surface area contributed by atoms with Crippen LogP contribution in [0.15, 0.2) is 33.4 Å². The zero-order valence-corrected chi connectivity index (χ0v) is 18.3. The van der Waals surface area contributed by atoms with E-state index in [-0.39, 0.29) is 25.8 Å². The Labute approximate surface area is 151 Å².